The summed E-state index contributed by atoms with van der Waals surface area (Å²) in [6.07, 6.45) is 0.729. The van der Waals surface area contributed by atoms with Crippen molar-refractivity contribution in [3.05, 3.63) is 27.7 Å². The second-order valence-corrected chi connectivity index (χ2v) is 3.95. The molecule has 0 saturated heterocycles. The normalized spacial score (nSPS) is 9.94. The highest BCUT2D eigenvalue weighted by molar-refractivity contribution is 6.39. The van der Waals surface area contributed by atoms with Crippen LogP contribution in [0, 0.1) is 0 Å². The topological polar surface area (TPSA) is 57.6 Å². The molecule has 1 rings (SSSR count). The molecule has 86 valence electrons. The van der Waals surface area contributed by atoms with Gasteiger partial charge in [-0.05, 0) is 12.1 Å². The molecule has 0 radical (unpaired) electrons. The van der Waals surface area contributed by atoms with Crippen molar-refractivity contribution in [3.8, 4) is 0 Å². The van der Waals surface area contributed by atoms with Crippen molar-refractivity contribution in [1.29, 1.82) is 0 Å². The molecule has 0 aliphatic carbocycles. The van der Waals surface area contributed by atoms with E-state index in [1.807, 2.05) is 0 Å². The molecule has 0 aliphatic rings. The minimum absolute atomic E-state index is 0.0488. The van der Waals surface area contributed by atoms with Crippen LogP contribution in [-0.2, 0) is 4.79 Å². The quantitative estimate of drug-likeness (QED) is 0.846. The lowest BCUT2D eigenvalue weighted by Crippen LogP contribution is -2.19. The number of anilines is 1. The molecule has 0 fully saturated rings. The molecule has 0 amide bonds. The number of carbonyl (C=O) groups is 2. The maximum Gasteiger partial charge on any atom is 0.338 e. The molecule has 0 unspecified atom stereocenters. The first-order valence-corrected chi connectivity index (χ1v) is 5.10. The Bertz CT molecular complexity index is 411. The minimum atomic E-state index is -1.18. The third-order valence-corrected chi connectivity index (χ3v) is 2.63. The number of carboxylic acids is 1. The van der Waals surface area contributed by atoms with Crippen LogP contribution in [0.4, 0.5) is 5.69 Å². The predicted molar refractivity (Wildman–Crippen MR) is 62.8 cm³/mol. The first-order chi connectivity index (χ1) is 7.47. The number of aromatic carboxylic acids is 1. The van der Waals surface area contributed by atoms with Crippen molar-refractivity contribution in [1.82, 2.24) is 0 Å². The molecule has 6 heteroatoms. The molecule has 0 aliphatic heterocycles. The first-order valence-electron chi connectivity index (χ1n) is 4.34. The largest absolute Gasteiger partial charge is 0.478 e. The number of nitrogens with zero attached hydrogens (tertiary/aromatic N) is 1. The molecule has 0 spiro atoms. The zero-order valence-electron chi connectivity index (χ0n) is 8.41. The van der Waals surface area contributed by atoms with Gasteiger partial charge in [0.05, 0.1) is 22.2 Å². The number of likely N-dealkylation sites (N-methyl/N-ethyl adjacent to an activating group) is 1. The van der Waals surface area contributed by atoms with Gasteiger partial charge < -0.3 is 14.8 Å². The zero-order chi connectivity index (χ0) is 12.3. The van der Waals surface area contributed by atoms with E-state index in [0.717, 1.165) is 6.29 Å². The molecule has 0 aromatic heterocycles. The number of halogens is 2. The third-order valence-electron chi connectivity index (χ3n) is 2.03. The summed E-state index contributed by atoms with van der Waals surface area (Å²) in [5.41, 5.74) is 0.457. The number of hydrogen-bond donors (Lipinski definition) is 1. The number of carbonyl (C=O) groups excluding carboxylic acids is 1. The average Bonchev–Trinajstić information content (AvgIpc) is 2.16. The lowest BCUT2D eigenvalue weighted by molar-refractivity contribution is -0.106. The van der Waals surface area contributed by atoms with Crippen molar-refractivity contribution in [2.24, 2.45) is 0 Å². The number of hydrogen-bond acceptors (Lipinski definition) is 3. The van der Waals surface area contributed by atoms with E-state index in [-0.39, 0.29) is 22.2 Å². The van der Waals surface area contributed by atoms with E-state index in [9.17, 15) is 9.59 Å². The Labute approximate surface area is 102 Å². The highest BCUT2D eigenvalue weighted by Gasteiger charge is 2.16. The van der Waals surface area contributed by atoms with Crippen LogP contribution in [-0.4, -0.2) is 31.0 Å². The first kappa shape index (κ1) is 12.8. The Morgan fingerprint density at radius 1 is 1.44 bits per heavy atom. The highest BCUT2D eigenvalue weighted by atomic mass is 35.5. The maximum absolute atomic E-state index is 10.8. The summed E-state index contributed by atoms with van der Waals surface area (Å²) >= 11 is 11.6. The van der Waals surface area contributed by atoms with Crippen LogP contribution in [0.3, 0.4) is 0 Å². The lowest BCUT2D eigenvalue weighted by Gasteiger charge is -2.17. The van der Waals surface area contributed by atoms with Crippen LogP contribution in [0.15, 0.2) is 12.1 Å². The second-order valence-electron chi connectivity index (χ2n) is 3.14. The summed E-state index contributed by atoms with van der Waals surface area (Å²) < 4.78 is 0. The van der Waals surface area contributed by atoms with Crippen LogP contribution in [0.1, 0.15) is 10.4 Å². The Balaban J connectivity index is 3.19. The summed E-state index contributed by atoms with van der Waals surface area (Å²) in [5.74, 6) is -1.18. The molecule has 0 atom stereocenters. The lowest BCUT2D eigenvalue weighted by atomic mass is 10.2. The third kappa shape index (κ3) is 2.65. The number of carboxylic acid groups (broad SMARTS) is 1. The Hall–Kier alpha value is -1.26. The molecule has 0 saturated carbocycles. The zero-order valence-corrected chi connectivity index (χ0v) is 9.92. The van der Waals surface area contributed by atoms with Gasteiger partial charge in [-0.15, -0.1) is 0 Å². The van der Waals surface area contributed by atoms with Gasteiger partial charge in [0.2, 0.25) is 0 Å². The van der Waals surface area contributed by atoms with Gasteiger partial charge in [0, 0.05) is 12.7 Å². The van der Waals surface area contributed by atoms with Gasteiger partial charge in [-0.2, -0.15) is 0 Å². The second kappa shape index (κ2) is 5.18. The Morgan fingerprint density at radius 2 is 1.94 bits per heavy atom. The monoisotopic (exact) mass is 261 g/mol. The van der Waals surface area contributed by atoms with E-state index in [1.165, 1.54) is 12.1 Å². The van der Waals surface area contributed by atoms with Gasteiger partial charge in [0.1, 0.15) is 6.29 Å². The van der Waals surface area contributed by atoms with Gasteiger partial charge in [0.25, 0.3) is 0 Å². The summed E-state index contributed by atoms with van der Waals surface area (Å²) in [7, 11) is 1.68. The smallest absolute Gasteiger partial charge is 0.338 e. The van der Waals surface area contributed by atoms with Crippen LogP contribution < -0.4 is 4.90 Å². The Kier molecular flexibility index (Phi) is 4.15. The molecule has 1 aromatic carbocycles. The van der Waals surface area contributed by atoms with Gasteiger partial charge in [-0.1, -0.05) is 23.2 Å². The van der Waals surface area contributed by atoms with Crippen molar-refractivity contribution in [2.45, 2.75) is 0 Å². The average molecular weight is 262 g/mol. The standard InChI is InChI=1S/C10H9Cl2NO3/c1-13(2-3-14)6-4-7(11)9(10(15)16)8(12)5-6/h3-5H,2H2,1H3,(H,15,16). The molecule has 16 heavy (non-hydrogen) atoms. The maximum atomic E-state index is 10.8. The van der Waals surface area contributed by atoms with Crippen molar-refractivity contribution in [2.75, 3.05) is 18.5 Å². The number of aldehydes is 1. The molecule has 0 heterocycles. The van der Waals surface area contributed by atoms with E-state index in [1.54, 1.807) is 11.9 Å². The predicted octanol–water partition coefficient (Wildman–Crippen LogP) is 2.33. The Morgan fingerprint density at radius 3 is 2.31 bits per heavy atom. The fourth-order valence-corrected chi connectivity index (χ4v) is 1.84. The molecule has 1 N–H and O–H groups in total. The number of benzene rings is 1. The van der Waals surface area contributed by atoms with Crippen molar-refractivity contribution in [3.63, 3.8) is 0 Å². The van der Waals surface area contributed by atoms with Gasteiger partial charge in [0.15, 0.2) is 0 Å². The van der Waals surface area contributed by atoms with E-state index in [2.05, 4.69) is 0 Å². The van der Waals surface area contributed by atoms with E-state index in [0.29, 0.717) is 5.69 Å². The molecule has 0 bridgehead atoms. The van der Waals surface area contributed by atoms with Crippen LogP contribution in [0.2, 0.25) is 10.0 Å². The van der Waals surface area contributed by atoms with Gasteiger partial charge in [-0.3, -0.25) is 0 Å². The molecular formula is C10H9Cl2NO3. The van der Waals surface area contributed by atoms with Crippen LogP contribution in [0.5, 0.6) is 0 Å². The summed E-state index contributed by atoms with van der Waals surface area (Å²) in [6.45, 7) is 0.180. The van der Waals surface area contributed by atoms with Crippen molar-refractivity contribution < 1.29 is 14.7 Å². The van der Waals surface area contributed by atoms with Gasteiger partial charge in [-0.25, -0.2) is 4.79 Å². The molecular weight excluding hydrogens is 253 g/mol. The van der Waals surface area contributed by atoms with Crippen LogP contribution >= 0.6 is 23.2 Å². The SMILES string of the molecule is CN(CC=O)c1cc(Cl)c(C(=O)O)c(Cl)c1. The molecule has 1 aromatic rings. The summed E-state index contributed by atoms with van der Waals surface area (Å²) in [5, 5.41) is 8.94. The van der Waals surface area contributed by atoms with Gasteiger partial charge >= 0.3 is 5.97 Å². The highest BCUT2D eigenvalue weighted by Crippen LogP contribution is 2.30. The van der Waals surface area contributed by atoms with Crippen LogP contribution in [0.25, 0.3) is 0 Å². The fourth-order valence-electron chi connectivity index (χ4n) is 1.20. The van der Waals surface area contributed by atoms with E-state index in [4.69, 9.17) is 28.3 Å². The van der Waals surface area contributed by atoms with E-state index < -0.39 is 5.97 Å². The van der Waals surface area contributed by atoms with Crippen molar-refractivity contribution >= 4 is 41.1 Å². The fraction of sp³-hybridized carbons (Fsp3) is 0.200. The number of rotatable bonds is 4. The summed E-state index contributed by atoms with van der Waals surface area (Å²) in [6, 6.07) is 2.92. The molecule has 4 nitrogen and oxygen atoms in total. The minimum Gasteiger partial charge on any atom is -0.478 e. The van der Waals surface area contributed by atoms with E-state index >= 15 is 0 Å². The summed E-state index contributed by atoms with van der Waals surface area (Å²) in [4.78, 5) is 22.8.